The Kier molecular flexibility index (Phi) is 6.04. The van der Waals surface area contributed by atoms with Crippen LogP contribution in [0.3, 0.4) is 0 Å². The molecule has 2 aliphatic rings. The van der Waals surface area contributed by atoms with Gasteiger partial charge in [0.2, 0.25) is 0 Å². The minimum absolute atomic E-state index is 0.0712. The van der Waals surface area contributed by atoms with E-state index in [1.54, 1.807) is 30.5 Å². The molecule has 2 aromatic heterocycles. The second-order valence-corrected chi connectivity index (χ2v) is 9.43. The first-order valence-electron chi connectivity index (χ1n) is 11.8. The molecule has 0 radical (unpaired) electrons. The predicted molar refractivity (Wildman–Crippen MR) is 140 cm³/mol. The van der Waals surface area contributed by atoms with Crippen molar-refractivity contribution in [3.05, 3.63) is 87.4 Å². The molecule has 6 rings (SSSR count). The summed E-state index contributed by atoms with van der Waals surface area (Å²) in [6, 6.07) is 14.0. The average Bonchev–Trinajstić information content (AvgIpc) is 3.32. The lowest BCUT2D eigenvalue weighted by molar-refractivity contribution is -0.385. The lowest BCUT2D eigenvalue weighted by atomic mass is 10.1. The fourth-order valence-corrected chi connectivity index (χ4v) is 4.94. The molecule has 0 bridgehead atoms. The van der Waals surface area contributed by atoms with Gasteiger partial charge in [-0.25, -0.2) is 9.97 Å². The highest BCUT2D eigenvalue weighted by atomic mass is 35.5. The number of nitrogens with zero attached hydrogens (tertiary/aromatic N) is 4. The molecule has 37 heavy (non-hydrogen) atoms. The highest BCUT2D eigenvalue weighted by molar-refractivity contribution is 6.32. The Labute approximate surface area is 217 Å². The number of halogens is 1. The first-order valence-corrected chi connectivity index (χ1v) is 12.2. The van der Waals surface area contributed by atoms with E-state index >= 15 is 0 Å². The van der Waals surface area contributed by atoms with Crippen LogP contribution in [-0.4, -0.2) is 33.0 Å². The smallest absolute Gasteiger partial charge is 0.285 e. The third-order valence-electron chi connectivity index (χ3n) is 6.71. The van der Waals surface area contributed by atoms with Crippen molar-refractivity contribution in [2.45, 2.75) is 6.61 Å². The van der Waals surface area contributed by atoms with Crippen molar-refractivity contribution in [1.82, 2.24) is 20.3 Å². The maximum atomic E-state index is 11.9. The van der Waals surface area contributed by atoms with E-state index in [1.165, 1.54) is 12.4 Å². The molecule has 184 valence electrons. The Hall–Kier alpha value is -4.26. The Morgan fingerprint density at radius 3 is 2.76 bits per heavy atom. The van der Waals surface area contributed by atoms with Gasteiger partial charge in [0, 0.05) is 29.3 Å². The second-order valence-electron chi connectivity index (χ2n) is 9.03. The van der Waals surface area contributed by atoms with E-state index in [0.29, 0.717) is 56.5 Å². The number of fused-ring (bicyclic) bond motifs is 2. The molecule has 2 unspecified atom stereocenters. The van der Waals surface area contributed by atoms with Crippen molar-refractivity contribution in [3.8, 4) is 17.6 Å². The van der Waals surface area contributed by atoms with Crippen LogP contribution in [0.4, 0.5) is 17.2 Å². The summed E-state index contributed by atoms with van der Waals surface area (Å²) in [6.45, 7) is 2.22. The zero-order valence-electron chi connectivity index (χ0n) is 19.5. The summed E-state index contributed by atoms with van der Waals surface area (Å²) in [4.78, 5) is 24.3. The third-order valence-corrected chi connectivity index (χ3v) is 7.01. The van der Waals surface area contributed by atoms with E-state index in [4.69, 9.17) is 16.3 Å². The number of rotatable bonds is 6. The normalized spacial score (nSPS) is 19.5. The molecule has 10 heteroatoms. The summed E-state index contributed by atoms with van der Waals surface area (Å²) in [5.74, 6) is 8.65. The van der Waals surface area contributed by atoms with Gasteiger partial charge in [-0.2, -0.15) is 0 Å². The number of nitro groups is 1. The van der Waals surface area contributed by atoms with Gasteiger partial charge in [0.1, 0.15) is 30.1 Å². The second kappa shape index (κ2) is 9.65. The first kappa shape index (κ1) is 23.2. The van der Waals surface area contributed by atoms with Crippen LogP contribution < -0.4 is 15.4 Å². The molecule has 2 N–H and O–H groups in total. The van der Waals surface area contributed by atoms with Gasteiger partial charge in [-0.1, -0.05) is 29.5 Å². The van der Waals surface area contributed by atoms with E-state index in [2.05, 4.69) is 37.4 Å². The quantitative estimate of drug-likeness (QED) is 0.216. The highest BCUT2D eigenvalue weighted by Gasteiger charge is 2.51. The van der Waals surface area contributed by atoms with E-state index in [9.17, 15) is 10.1 Å². The fourth-order valence-electron chi connectivity index (χ4n) is 4.70. The van der Waals surface area contributed by atoms with Crippen LogP contribution in [0.5, 0.6) is 5.75 Å². The molecule has 3 atom stereocenters. The van der Waals surface area contributed by atoms with Crippen LogP contribution in [0.1, 0.15) is 11.3 Å². The topological polar surface area (TPSA) is 115 Å². The van der Waals surface area contributed by atoms with Crippen molar-refractivity contribution < 1.29 is 9.66 Å². The van der Waals surface area contributed by atoms with Crippen molar-refractivity contribution in [3.63, 3.8) is 0 Å². The van der Waals surface area contributed by atoms with Gasteiger partial charge in [-0.15, -0.1) is 0 Å². The number of hydrogen-bond donors (Lipinski definition) is 2. The molecular weight excluding hydrogens is 492 g/mol. The van der Waals surface area contributed by atoms with Gasteiger partial charge in [0.05, 0.1) is 21.2 Å². The standard InChI is InChI=1S/C27H21ClN6O3/c28-23-10-17(5-7-26(23)37-14-18-3-1-2-8-30-18)33-27-20-11-25(34(35)36)16(9-24(20)31-15-32-27)4-6-19-21-12-29-13-22(19)21/h1-3,5,7-11,15,19,21-22,29H,12-14H2,(H,31,32,33)/t19?,21-,22?/m0/s1. The number of nitrogens with one attached hydrogen (secondary N) is 2. The van der Waals surface area contributed by atoms with Crippen LogP contribution >= 0.6 is 11.6 Å². The SMILES string of the molecule is O=[N+]([O-])c1cc2c(Nc3ccc(OCc4ccccn4)c(Cl)c3)ncnc2cc1C#CC1C2CNC[C@@H]12. The number of aromatic nitrogens is 3. The lowest BCUT2D eigenvalue weighted by Gasteiger charge is -2.12. The van der Waals surface area contributed by atoms with Crippen molar-refractivity contribution >= 4 is 39.7 Å². The van der Waals surface area contributed by atoms with Gasteiger partial charge in [0.25, 0.3) is 5.69 Å². The lowest BCUT2D eigenvalue weighted by Crippen LogP contribution is -2.13. The van der Waals surface area contributed by atoms with Gasteiger partial charge in [-0.3, -0.25) is 15.1 Å². The number of anilines is 2. The van der Waals surface area contributed by atoms with Crippen molar-refractivity contribution in [2.24, 2.45) is 17.8 Å². The van der Waals surface area contributed by atoms with E-state index in [-0.39, 0.29) is 12.3 Å². The number of nitro benzene ring substituents is 1. The van der Waals surface area contributed by atoms with E-state index in [0.717, 1.165) is 18.8 Å². The Morgan fingerprint density at radius 2 is 2.00 bits per heavy atom. The van der Waals surface area contributed by atoms with E-state index < -0.39 is 4.92 Å². The van der Waals surface area contributed by atoms with Gasteiger partial charge in [-0.05, 0) is 61.3 Å². The molecule has 3 heterocycles. The number of pyridine rings is 1. The number of piperidine rings is 1. The van der Waals surface area contributed by atoms with Crippen molar-refractivity contribution in [1.29, 1.82) is 0 Å². The van der Waals surface area contributed by atoms with Gasteiger partial charge < -0.3 is 15.4 Å². The van der Waals surface area contributed by atoms with Crippen LogP contribution in [0, 0.1) is 39.7 Å². The zero-order valence-corrected chi connectivity index (χ0v) is 20.3. The van der Waals surface area contributed by atoms with Crippen LogP contribution in [0.15, 0.2) is 61.1 Å². The number of ether oxygens (including phenoxy) is 1. The molecule has 0 spiro atoms. The molecule has 1 aliphatic carbocycles. The van der Waals surface area contributed by atoms with Crippen molar-refractivity contribution in [2.75, 3.05) is 18.4 Å². The largest absolute Gasteiger partial charge is 0.486 e. The van der Waals surface area contributed by atoms with Gasteiger partial charge in [0.15, 0.2) is 0 Å². The predicted octanol–water partition coefficient (Wildman–Crippen LogP) is 4.73. The molecule has 2 aromatic carbocycles. The zero-order chi connectivity index (χ0) is 25.4. The van der Waals surface area contributed by atoms with E-state index in [1.807, 2.05) is 18.2 Å². The van der Waals surface area contributed by atoms with Gasteiger partial charge >= 0.3 is 0 Å². The minimum atomic E-state index is -0.417. The molecule has 0 amide bonds. The molecule has 1 aliphatic heterocycles. The maximum Gasteiger partial charge on any atom is 0.285 e. The monoisotopic (exact) mass is 512 g/mol. The van der Waals surface area contributed by atoms with Crippen LogP contribution in [0.25, 0.3) is 10.9 Å². The molecule has 1 saturated carbocycles. The highest BCUT2D eigenvalue weighted by Crippen LogP contribution is 2.48. The summed E-state index contributed by atoms with van der Waals surface area (Å²) in [5, 5.41) is 19.3. The molecule has 1 saturated heterocycles. The van der Waals surface area contributed by atoms with Crippen LogP contribution in [0.2, 0.25) is 5.02 Å². The molecule has 2 fully saturated rings. The molecular formula is C27H21ClN6O3. The fraction of sp³-hybridized carbons (Fsp3) is 0.222. The summed E-state index contributed by atoms with van der Waals surface area (Å²) in [5.41, 5.74) is 2.29. The summed E-state index contributed by atoms with van der Waals surface area (Å²) in [6.07, 6.45) is 3.12. The average molecular weight is 513 g/mol. The maximum absolute atomic E-state index is 11.9. The molecule has 9 nitrogen and oxygen atoms in total. The first-order chi connectivity index (χ1) is 18.1. The molecule has 4 aromatic rings. The number of hydrogen-bond acceptors (Lipinski definition) is 8. The Bertz CT molecular complexity index is 1560. The summed E-state index contributed by atoms with van der Waals surface area (Å²) >= 11 is 6.44. The Balaban J connectivity index is 1.25. The summed E-state index contributed by atoms with van der Waals surface area (Å²) < 4.78 is 5.78. The number of benzene rings is 2. The Morgan fingerprint density at radius 1 is 1.14 bits per heavy atom. The summed E-state index contributed by atoms with van der Waals surface area (Å²) in [7, 11) is 0. The van der Waals surface area contributed by atoms with Crippen LogP contribution in [-0.2, 0) is 6.61 Å². The minimum Gasteiger partial charge on any atom is -0.486 e. The third kappa shape index (κ3) is 4.77.